The van der Waals surface area contributed by atoms with Crippen LogP contribution in [0.1, 0.15) is 0 Å². The Labute approximate surface area is 144 Å². The maximum absolute atomic E-state index is 12.4. The number of hydrogen-bond donors (Lipinski definition) is 0. The zero-order chi connectivity index (χ0) is 17.7. The lowest BCUT2D eigenvalue weighted by molar-refractivity contribution is 0.564. The highest BCUT2D eigenvalue weighted by Gasteiger charge is 2.28. The summed E-state index contributed by atoms with van der Waals surface area (Å²) < 4.78 is 0. The molecule has 0 saturated heterocycles. The topological polar surface area (TPSA) is 51.2 Å². The van der Waals surface area contributed by atoms with Gasteiger partial charge in [-0.05, 0) is 16.7 Å². The molecule has 0 bridgehead atoms. The van der Waals surface area contributed by atoms with Crippen LogP contribution < -0.4 is 26.4 Å². The van der Waals surface area contributed by atoms with Gasteiger partial charge in [0.15, 0.2) is 0 Å². The zero-order valence-corrected chi connectivity index (χ0v) is 14.1. The molecule has 25 heavy (non-hydrogen) atoms. The van der Waals surface area contributed by atoms with Crippen molar-refractivity contribution in [2.24, 2.45) is 0 Å². The molecule has 3 aromatic carbocycles. The van der Waals surface area contributed by atoms with Crippen LogP contribution in [0.2, 0.25) is 0 Å². The highest BCUT2D eigenvalue weighted by molar-refractivity contribution is 7.93. The molecule has 0 saturated carbocycles. The van der Waals surface area contributed by atoms with Gasteiger partial charge in [-0.15, -0.1) is 0 Å². The summed E-state index contributed by atoms with van der Waals surface area (Å²) in [5.74, 6) is 3.59. The van der Waals surface area contributed by atoms with Gasteiger partial charge in [-0.1, -0.05) is 72.8 Å². The van der Waals surface area contributed by atoms with E-state index in [2.05, 4.69) is 5.66 Å². The van der Waals surface area contributed by atoms with Crippen LogP contribution in [0.4, 0.5) is 0 Å². The third kappa shape index (κ3) is 2.75. The zero-order valence-electron chi connectivity index (χ0n) is 13.2. The van der Waals surface area contributed by atoms with Gasteiger partial charge < -0.3 is 0 Å². The Morgan fingerprint density at radius 1 is 0.600 bits per heavy atom. The summed E-state index contributed by atoms with van der Waals surface area (Å²) >= 11 is 0. The number of hydrogen-bond acceptors (Lipinski definition) is 3. The second-order valence-corrected chi connectivity index (χ2v) is 8.38. The van der Waals surface area contributed by atoms with E-state index in [4.69, 9.17) is 0 Å². The highest BCUT2D eigenvalue weighted by Crippen LogP contribution is 2.40. The monoisotopic (exact) mass is 344 g/mol. The van der Waals surface area contributed by atoms with Crippen molar-refractivity contribution in [1.29, 1.82) is 0 Å². The first-order chi connectivity index (χ1) is 12.3. The van der Waals surface area contributed by atoms with Crippen molar-refractivity contribution in [1.82, 2.24) is 0 Å². The molecule has 4 heteroatoms. The third-order valence-corrected chi connectivity index (χ3v) is 7.55. The largest absolute Gasteiger partial charge is 0.233 e. The first-order valence-corrected chi connectivity index (χ1v) is 9.36. The molecule has 0 radical (unpaired) electrons. The molecule has 0 aliphatic carbocycles. The summed E-state index contributed by atoms with van der Waals surface area (Å²) in [6, 6.07) is 23.3. The van der Waals surface area contributed by atoms with E-state index >= 15 is 0 Å². The van der Waals surface area contributed by atoms with Gasteiger partial charge in [0.05, 0.1) is 17.3 Å². The second-order valence-electron chi connectivity index (χ2n) is 5.34. The number of carbonyl (C=O) groups excluding carboxylic acids is 3. The van der Waals surface area contributed by atoms with Crippen LogP contribution in [0.5, 0.6) is 0 Å². The smallest absolute Gasteiger partial charge is 0.134 e. The maximum atomic E-state index is 12.4. The van der Waals surface area contributed by atoms with E-state index in [1.807, 2.05) is 66.6 Å². The van der Waals surface area contributed by atoms with Crippen LogP contribution in [-0.4, -0.2) is 17.5 Å². The standard InChI is InChI=1S/C21H13O3P/c22-14-17-8-7-13-21(20(17)15-23)25(16-24,18-9-3-1-4-10-18)19-11-5-2-6-12-19/h1-13H. The molecule has 0 spiro atoms. The average molecular weight is 344 g/mol. The van der Waals surface area contributed by atoms with Gasteiger partial charge in [0.25, 0.3) is 0 Å². The van der Waals surface area contributed by atoms with Gasteiger partial charge in [-0.3, -0.25) is 0 Å². The first kappa shape index (κ1) is 16.7. The fourth-order valence-corrected chi connectivity index (χ4v) is 6.11. The summed E-state index contributed by atoms with van der Waals surface area (Å²) in [5.41, 5.74) is 2.24. The molecule has 0 N–H and O–H groups in total. The van der Waals surface area contributed by atoms with Crippen molar-refractivity contribution in [3.63, 3.8) is 0 Å². The van der Waals surface area contributed by atoms with Crippen molar-refractivity contribution in [2.75, 3.05) is 0 Å². The maximum Gasteiger partial charge on any atom is 0.134 e. The average Bonchev–Trinajstić information content (AvgIpc) is 2.70. The molecule has 0 unspecified atom stereocenters. The molecule has 0 aliphatic rings. The predicted octanol–water partition coefficient (Wildman–Crippen LogP) is 0.0541. The minimum atomic E-state index is -2.88. The predicted molar refractivity (Wildman–Crippen MR) is 99.7 cm³/mol. The molecule has 0 atom stereocenters. The molecule has 0 fully saturated rings. The van der Waals surface area contributed by atoms with Crippen LogP contribution in [0.3, 0.4) is 0 Å². The van der Waals surface area contributed by atoms with Crippen LogP contribution >= 0.6 is 6.89 Å². The van der Waals surface area contributed by atoms with Crippen molar-refractivity contribution in [2.45, 2.75) is 0 Å². The van der Waals surface area contributed by atoms with Gasteiger partial charge in [0.2, 0.25) is 0 Å². The molecule has 3 aromatic rings. The van der Waals surface area contributed by atoms with Crippen LogP contribution in [-0.2, 0) is 14.4 Å². The Morgan fingerprint density at radius 3 is 1.60 bits per heavy atom. The van der Waals surface area contributed by atoms with Gasteiger partial charge in [-0.25, -0.2) is 14.4 Å². The molecule has 0 heterocycles. The van der Waals surface area contributed by atoms with E-state index in [0.29, 0.717) is 5.30 Å². The summed E-state index contributed by atoms with van der Waals surface area (Å²) in [6.45, 7) is -2.88. The highest BCUT2D eigenvalue weighted by atomic mass is 31.2. The molecule has 0 aromatic heterocycles. The Bertz CT molecular complexity index is 1110. The Morgan fingerprint density at radius 2 is 1.16 bits per heavy atom. The molecule has 3 nitrogen and oxygen atoms in total. The molecule has 3 rings (SSSR count). The van der Waals surface area contributed by atoms with Gasteiger partial charge >= 0.3 is 0 Å². The van der Waals surface area contributed by atoms with Crippen molar-refractivity contribution in [3.8, 4) is 0 Å². The Hall–Kier alpha value is -3.17. The van der Waals surface area contributed by atoms with Gasteiger partial charge in [0.1, 0.15) is 17.5 Å². The van der Waals surface area contributed by atoms with Crippen molar-refractivity contribution < 1.29 is 14.4 Å². The minimum Gasteiger partial charge on any atom is -0.233 e. The van der Waals surface area contributed by atoms with E-state index in [1.54, 1.807) is 18.1 Å². The summed E-state index contributed by atoms with van der Waals surface area (Å²) in [4.78, 5) is 35.2. The van der Waals surface area contributed by atoms with Gasteiger partial charge in [-0.2, -0.15) is 0 Å². The number of benzene rings is 3. The second kappa shape index (κ2) is 7.16. The summed E-state index contributed by atoms with van der Waals surface area (Å²) in [5, 5.41) is 2.16. The van der Waals surface area contributed by atoms with E-state index in [9.17, 15) is 14.4 Å². The van der Waals surface area contributed by atoms with E-state index in [0.717, 1.165) is 10.6 Å². The fraction of sp³-hybridized carbons (Fsp3) is 0. The van der Waals surface area contributed by atoms with Crippen LogP contribution in [0.25, 0.3) is 0 Å². The lowest BCUT2D eigenvalue weighted by atomic mass is 10.2. The molecule has 120 valence electrons. The normalized spacial score (nSPS) is 10.4. The summed E-state index contributed by atoms with van der Waals surface area (Å²) in [6.07, 6.45) is 0. The van der Waals surface area contributed by atoms with Crippen molar-refractivity contribution >= 4 is 40.3 Å². The molecule has 0 aliphatic heterocycles. The lowest BCUT2D eigenvalue weighted by Crippen LogP contribution is -2.44. The minimum absolute atomic E-state index is 0.0712. The van der Waals surface area contributed by atoms with Crippen LogP contribution in [0, 0.1) is 0 Å². The Balaban J connectivity index is 2.60. The molecule has 0 amide bonds. The van der Waals surface area contributed by atoms with E-state index in [-0.39, 0.29) is 10.4 Å². The fourth-order valence-electron chi connectivity index (χ4n) is 2.90. The van der Waals surface area contributed by atoms with Crippen LogP contribution in [0.15, 0.2) is 78.9 Å². The molecular formula is C21H13O3P. The first-order valence-electron chi connectivity index (χ1n) is 7.57. The lowest BCUT2D eigenvalue weighted by Gasteiger charge is -2.23. The Kier molecular flexibility index (Phi) is 4.78. The summed E-state index contributed by atoms with van der Waals surface area (Å²) in [7, 11) is 0. The quantitative estimate of drug-likeness (QED) is 0.631. The van der Waals surface area contributed by atoms with E-state index < -0.39 is 6.89 Å². The third-order valence-electron chi connectivity index (χ3n) is 4.04. The SMILES string of the molecule is O=C=c1cccc(P(=C=O)(c2ccccc2)c2ccccc2)c1=C=O. The number of rotatable bonds is 3. The van der Waals surface area contributed by atoms with Crippen molar-refractivity contribution in [3.05, 3.63) is 89.3 Å². The molecular weight excluding hydrogens is 331 g/mol. The van der Waals surface area contributed by atoms with Gasteiger partial charge in [0, 0.05) is 5.30 Å². The van der Waals surface area contributed by atoms with E-state index in [1.165, 1.54) is 6.07 Å².